The van der Waals surface area contributed by atoms with Gasteiger partial charge in [-0.3, -0.25) is 9.59 Å². The SMILES string of the molecule is C[C@H](C(=O)NCc1ccccc1F)C1CCN(C(=O)c2cc3cc(Cl)ccc3[nH]2)CC1. The number of carbonyl (C=O) groups is 2. The van der Waals surface area contributed by atoms with Crippen LogP contribution in [-0.2, 0) is 11.3 Å². The molecule has 1 aliphatic rings. The highest BCUT2D eigenvalue weighted by atomic mass is 35.5. The van der Waals surface area contributed by atoms with Gasteiger partial charge in [0.1, 0.15) is 11.5 Å². The summed E-state index contributed by atoms with van der Waals surface area (Å²) in [5.74, 6) is -0.449. The van der Waals surface area contributed by atoms with Crippen molar-refractivity contribution in [1.29, 1.82) is 0 Å². The third-order valence-corrected chi connectivity index (χ3v) is 6.41. The van der Waals surface area contributed by atoms with Crippen LogP contribution in [0.5, 0.6) is 0 Å². The molecule has 1 fully saturated rings. The van der Waals surface area contributed by atoms with E-state index in [4.69, 9.17) is 11.6 Å². The van der Waals surface area contributed by atoms with Crippen LogP contribution in [0.25, 0.3) is 10.9 Å². The summed E-state index contributed by atoms with van der Waals surface area (Å²) in [6.45, 7) is 3.28. The molecule has 0 spiro atoms. The first-order chi connectivity index (χ1) is 14.9. The van der Waals surface area contributed by atoms with E-state index in [1.54, 1.807) is 24.3 Å². The van der Waals surface area contributed by atoms with E-state index in [9.17, 15) is 14.0 Å². The first-order valence-electron chi connectivity index (χ1n) is 10.5. The zero-order valence-corrected chi connectivity index (χ0v) is 18.1. The van der Waals surface area contributed by atoms with E-state index in [0.717, 1.165) is 23.7 Å². The van der Waals surface area contributed by atoms with Crippen LogP contribution in [-0.4, -0.2) is 34.8 Å². The van der Waals surface area contributed by atoms with Gasteiger partial charge in [0.05, 0.1) is 0 Å². The second-order valence-corrected chi connectivity index (χ2v) is 8.58. The first-order valence-corrected chi connectivity index (χ1v) is 10.9. The van der Waals surface area contributed by atoms with E-state index >= 15 is 0 Å². The monoisotopic (exact) mass is 441 g/mol. The van der Waals surface area contributed by atoms with Crippen LogP contribution in [0.15, 0.2) is 48.5 Å². The first kappa shape index (κ1) is 21.4. The fraction of sp³-hybridized carbons (Fsp3) is 0.333. The second-order valence-electron chi connectivity index (χ2n) is 8.14. The zero-order chi connectivity index (χ0) is 22.0. The molecule has 0 radical (unpaired) electrons. The van der Waals surface area contributed by atoms with E-state index in [0.29, 0.717) is 29.4 Å². The number of amides is 2. The molecule has 2 aromatic carbocycles. The fourth-order valence-electron chi connectivity index (χ4n) is 4.19. The Hall–Kier alpha value is -2.86. The minimum Gasteiger partial charge on any atom is -0.352 e. The minimum absolute atomic E-state index is 0.0394. The van der Waals surface area contributed by atoms with Gasteiger partial charge in [0.25, 0.3) is 5.91 Å². The topological polar surface area (TPSA) is 65.2 Å². The fourth-order valence-corrected chi connectivity index (χ4v) is 4.37. The number of piperidine rings is 1. The van der Waals surface area contributed by atoms with Gasteiger partial charge < -0.3 is 15.2 Å². The van der Waals surface area contributed by atoms with Crippen molar-refractivity contribution in [3.05, 3.63) is 70.6 Å². The van der Waals surface area contributed by atoms with Crippen LogP contribution in [0.2, 0.25) is 5.02 Å². The van der Waals surface area contributed by atoms with Gasteiger partial charge in [-0.05, 0) is 49.1 Å². The molecule has 1 aromatic heterocycles. The lowest BCUT2D eigenvalue weighted by Crippen LogP contribution is -2.42. The van der Waals surface area contributed by atoms with Gasteiger partial charge in [-0.2, -0.15) is 0 Å². The number of H-pyrrole nitrogens is 1. The number of hydrogen-bond donors (Lipinski definition) is 2. The van der Waals surface area contributed by atoms with Crippen molar-refractivity contribution in [2.45, 2.75) is 26.3 Å². The van der Waals surface area contributed by atoms with Crippen molar-refractivity contribution >= 4 is 34.3 Å². The maximum absolute atomic E-state index is 13.7. The molecule has 0 aliphatic carbocycles. The number of rotatable bonds is 5. The summed E-state index contributed by atoms with van der Waals surface area (Å²) in [7, 11) is 0. The summed E-state index contributed by atoms with van der Waals surface area (Å²) in [6.07, 6.45) is 1.51. The number of fused-ring (bicyclic) bond motifs is 1. The summed E-state index contributed by atoms with van der Waals surface area (Å²) < 4.78 is 13.7. The highest BCUT2D eigenvalue weighted by Gasteiger charge is 2.30. The Morgan fingerprint density at radius 3 is 2.68 bits per heavy atom. The number of hydrogen-bond acceptors (Lipinski definition) is 2. The summed E-state index contributed by atoms with van der Waals surface area (Å²) in [5.41, 5.74) is 1.90. The normalized spacial score (nSPS) is 15.8. The van der Waals surface area contributed by atoms with Crippen molar-refractivity contribution in [3.8, 4) is 0 Å². The lowest BCUT2D eigenvalue weighted by molar-refractivity contribution is -0.126. The van der Waals surface area contributed by atoms with Crippen molar-refractivity contribution < 1.29 is 14.0 Å². The molecular formula is C24H25ClFN3O2. The number of nitrogens with one attached hydrogen (secondary N) is 2. The Morgan fingerprint density at radius 1 is 1.19 bits per heavy atom. The van der Waals surface area contributed by atoms with Crippen LogP contribution >= 0.6 is 11.6 Å². The minimum atomic E-state index is -0.318. The third kappa shape index (κ3) is 4.74. The van der Waals surface area contributed by atoms with Crippen molar-refractivity contribution in [3.63, 3.8) is 0 Å². The molecule has 5 nitrogen and oxygen atoms in total. The average Bonchev–Trinajstić information content (AvgIpc) is 3.20. The zero-order valence-electron chi connectivity index (χ0n) is 17.3. The molecule has 0 saturated carbocycles. The summed E-state index contributed by atoms with van der Waals surface area (Å²) >= 11 is 6.03. The summed E-state index contributed by atoms with van der Waals surface area (Å²) in [5, 5.41) is 4.38. The molecule has 31 heavy (non-hydrogen) atoms. The molecule has 0 bridgehead atoms. The van der Waals surface area contributed by atoms with Gasteiger partial charge in [-0.1, -0.05) is 36.7 Å². The van der Waals surface area contributed by atoms with Crippen molar-refractivity contribution in [2.75, 3.05) is 13.1 Å². The Bertz CT molecular complexity index is 1110. The van der Waals surface area contributed by atoms with Gasteiger partial charge in [0, 0.05) is 47.0 Å². The van der Waals surface area contributed by atoms with Crippen molar-refractivity contribution in [1.82, 2.24) is 15.2 Å². The summed E-state index contributed by atoms with van der Waals surface area (Å²) in [4.78, 5) is 30.5. The Labute approximate surface area is 185 Å². The lowest BCUT2D eigenvalue weighted by Gasteiger charge is -2.34. The molecule has 2 heterocycles. The number of aromatic amines is 1. The number of likely N-dealkylation sites (tertiary alicyclic amines) is 1. The van der Waals surface area contributed by atoms with Crippen LogP contribution in [0.3, 0.4) is 0 Å². The molecule has 7 heteroatoms. The Kier molecular flexibility index (Phi) is 6.28. The van der Waals surface area contributed by atoms with E-state index < -0.39 is 0 Å². The highest BCUT2D eigenvalue weighted by Crippen LogP contribution is 2.27. The maximum atomic E-state index is 13.7. The predicted octanol–water partition coefficient (Wildman–Crippen LogP) is 4.77. The van der Waals surface area contributed by atoms with E-state index in [1.165, 1.54) is 6.07 Å². The van der Waals surface area contributed by atoms with Gasteiger partial charge in [-0.25, -0.2) is 4.39 Å². The van der Waals surface area contributed by atoms with Gasteiger partial charge >= 0.3 is 0 Å². The second kappa shape index (κ2) is 9.10. The molecule has 1 saturated heterocycles. The van der Waals surface area contributed by atoms with Crippen molar-refractivity contribution in [2.24, 2.45) is 11.8 Å². The molecular weight excluding hydrogens is 417 g/mol. The number of benzene rings is 2. The standard InChI is InChI=1S/C24H25ClFN3O2/c1-15(23(30)27-14-17-4-2-3-5-20(17)26)16-8-10-29(11-9-16)24(31)22-13-18-12-19(25)6-7-21(18)28-22/h2-7,12-13,15-16,28H,8-11,14H2,1H3,(H,27,30)/t15-/m0/s1. The lowest BCUT2D eigenvalue weighted by atomic mass is 9.84. The molecule has 1 aliphatic heterocycles. The third-order valence-electron chi connectivity index (χ3n) is 6.17. The molecule has 0 unspecified atom stereocenters. The van der Waals surface area contributed by atoms with Gasteiger partial charge in [0.15, 0.2) is 0 Å². The predicted molar refractivity (Wildman–Crippen MR) is 119 cm³/mol. The van der Waals surface area contributed by atoms with E-state index in [1.807, 2.05) is 30.0 Å². The molecule has 2 N–H and O–H groups in total. The number of aromatic nitrogens is 1. The van der Waals surface area contributed by atoms with Crippen LogP contribution in [0, 0.1) is 17.7 Å². The summed E-state index contributed by atoms with van der Waals surface area (Å²) in [6, 6.07) is 13.8. The average molecular weight is 442 g/mol. The van der Waals surface area contributed by atoms with Gasteiger partial charge in [-0.15, -0.1) is 0 Å². The number of nitrogens with zero attached hydrogens (tertiary/aromatic N) is 1. The molecule has 162 valence electrons. The Balaban J connectivity index is 1.31. The van der Waals surface area contributed by atoms with E-state index in [-0.39, 0.29) is 36.0 Å². The Morgan fingerprint density at radius 2 is 1.94 bits per heavy atom. The van der Waals surface area contributed by atoms with Crippen LogP contribution in [0.1, 0.15) is 35.8 Å². The quantitative estimate of drug-likeness (QED) is 0.599. The number of carbonyl (C=O) groups excluding carboxylic acids is 2. The van der Waals surface area contributed by atoms with Crippen LogP contribution in [0.4, 0.5) is 4.39 Å². The molecule has 2 amide bonds. The smallest absolute Gasteiger partial charge is 0.270 e. The maximum Gasteiger partial charge on any atom is 0.270 e. The molecule has 1 atom stereocenters. The molecule has 3 aromatic rings. The largest absolute Gasteiger partial charge is 0.352 e. The van der Waals surface area contributed by atoms with Crippen LogP contribution < -0.4 is 5.32 Å². The molecule has 4 rings (SSSR count). The number of halogens is 2. The van der Waals surface area contributed by atoms with E-state index in [2.05, 4.69) is 10.3 Å². The van der Waals surface area contributed by atoms with Gasteiger partial charge in [0.2, 0.25) is 5.91 Å². The highest BCUT2D eigenvalue weighted by molar-refractivity contribution is 6.31.